The summed E-state index contributed by atoms with van der Waals surface area (Å²) >= 11 is 5.96. The lowest BCUT2D eigenvalue weighted by Gasteiger charge is -2.35. The molecule has 0 unspecified atom stereocenters. The minimum atomic E-state index is -0.541. The lowest BCUT2D eigenvalue weighted by Crippen LogP contribution is -2.52. The summed E-state index contributed by atoms with van der Waals surface area (Å²) in [6, 6.07) is 6.41. The van der Waals surface area contributed by atoms with Crippen molar-refractivity contribution >= 4 is 29.4 Å². The monoisotopic (exact) mass is 364 g/mol. The normalized spacial score (nSPS) is 14.7. The molecule has 1 heterocycles. The highest BCUT2D eigenvalue weighted by Gasteiger charge is 2.27. The fourth-order valence-electron chi connectivity index (χ4n) is 2.30. The van der Waals surface area contributed by atoms with E-state index in [9.17, 15) is 9.59 Å². The number of nitrogens with zero attached hydrogens (tertiary/aromatic N) is 3. The Bertz CT molecular complexity index is 701. The molecule has 0 aromatic heterocycles. The molecule has 8 heteroatoms. The minimum absolute atomic E-state index is 0.274. The molecule has 0 radical (unpaired) electrons. The number of carbonyl (C=O) groups is 2. The summed E-state index contributed by atoms with van der Waals surface area (Å²) in [5, 5.41) is 11.9. The van der Waals surface area contributed by atoms with Crippen molar-refractivity contribution in [2.45, 2.75) is 26.4 Å². The molecule has 25 heavy (non-hydrogen) atoms. The van der Waals surface area contributed by atoms with Crippen LogP contribution in [0.15, 0.2) is 18.2 Å². The first-order valence-electron chi connectivity index (χ1n) is 7.93. The molecule has 0 atom stereocenters. The molecular formula is C17H21ClN4O3. The average Bonchev–Trinajstić information content (AvgIpc) is 2.53. The zero-order valence-electron chi connectivity index (χ0n) is 14.5. The van der Waals surface area contributed by atoms with E-state index in [0.717, 1.165) is 0 Å². The highest BCUT2D eigenvalue weighted by Crippen LogP contribution is 2.20. The van der Waals surface area contributed by atoms with E-state index in [0.29, 0.717) is 37.4 Å². The Morgan fingerprint density at radius 1 is 1.20 bits per heavy atom. The topological polar surface area (TPSA) is 85.7 Å². The van der Waals surface area contributed by atoms with E-state index in [2.05, 4.69) is 5.32 Å². The van der Waals surface area contributed by atoms with Crippen LogP contribution in [0.5, 0.6) is 0 Å². The van der Waals surface area contributed by atoms with E-state index in [1.54, 1.807) is 21.9 Å². The van der Waals surface area contributed by atoms with Gasteiger partial charge < -0.3 is 19.9 Å². The minimum Gasteiger partial charge on any atom is -0.444 e. The van der Waals surface area contributed by atoms with Gasteiger partial charge in [-0.1, -0.05) is 11.6 Å². The number of nitrogens with one attached hydrogen (secondary N) is 1. The van der Waals surface area contributed by atoms with E-state index in [4.69, 9.17) is 21.6 Å². The fourth-order valence-corrected chi connectivity index (χ4v) is 2.53. The molecule has 1 aromatic carbocycles. The number of anilines is 1. The highest BCUT2D eigenvalue weighted by molar-refractivity contribution is 6.32. The number of hydrogen-bond donors (Lipinski definition) is 1. The lowest BCUT2D eigenvalue weighted by atomic mass is 10.2. The highest BCUT2D eigenvalue weighted by atomic mass is 35.5. The van der Waals surface area contributed by atoms with Crippen LogP contribution in [0, 0.1) is 11.3 Å². The largest absolute Gasteiger partial charge is 0.444 e. The number of piperazine rings is 1. The van der Waals surface area contributed by atoms with Crippen LogP contribution in [0.3, 0.4) is 0 Å². The van der Waals surface area contributed by atoms with Crippen molar-refractivity contribution in [3.8, 4) is 6.07 Å². The van der Waals surface area contributed by atoms with Crippen molar-refractivity contribution in [3.05, 3.63) is 28.8 Å². The molecular weight excluding hydrogens is 344 g/mol. The van der Waals surface area contributed by atoms with Gasteiger partial charge in [0.15, 0.2) is 0 Å². The van der Waals surface area contributed by atoms with Gasteiger partial charge in [0.25, 0.3) is 0 Å². The standard InChI is InChI=1S/C17H21ClN4O3/c1-17(2,3)25-16(24)22-8-6-21(7-9-22)15(23)20-13-5-4-12(11-19)14(18)10-13/h4-5,10H,6-9H2,1-3H3,(H,20,23). The first-order valence-corrected chi connectivity index (χ1v) is 8.31. The lowest BCUT2D eigenvalue weighted by molar-refractivity contribution is 0.0174. The van der Waals surface area contributed by atoms with Crippen molar-refractivity contribution in [1.29, 1.82) is 5.26 Å². The number of halogens is 1. The molecule has 0 spiro atoms. The van der Waals surface area contributed by atoms with E-state index in [1.807, 2.05) is 26.8 Å². The summed E-state index contributed by atoms with van der Waals surface area (Å²) < 4.78 is 5.33. The van der Waals surface area contributed by atoms with E-state index < -0.39 is 5.60 Å². The van der Waals surface area contributed by atoms with Gasteiger partial charge in [0.05, 0.1) is 10.6 Å². The zero-order valence-corrected chi connectivity index (χ0v) is 15.3. The molecule has 134 valence electrons. The van der Waals surface area contributed by atoms with Crippen molar-refractivity contribution in [2.75, 3.05) is 31.5 Å². The van der Waals surface area contributed by atoms with E-state index in [1.165, 1.54) is 6.07 Å². The Kier molecular flexibility index (Phi) is 5.75. The van der Waals surface area contributed by atoms with Crippen LogP contribution in [0.1, 0.15) is 26.3 Å². The van der Waals surface area contributed by atoms with Gasteiger partial charge in [0, 0.05) is 31.9 Å². The number of amides is 3. The van der Waals surface area contributed by atoms with Crippen LogP contribution in [0.25, 0.3) is 0 Å². The quantitative estimate of drug-likeness (QED) is 0.828. The summed E-state index contributed by atoms with van der Waals surface area (Å²) in [7, 11) is 0. The third kappa shape index (κ3) is 5.26. The Balaban J connectivity index is 1.88. The van der Waals surface area contributed by atoms with Crippen molar-refractivity contribution in [3.63, 3.8) is 0 Å². The number of benzene rings is 1. The molecule has 1 N–H and O–H groups in total. The van der Waals surface area contributed by atoms with Crippen molar-refractivity contribution < 1.29 is 14.3 Å². The van der Waals surface area contributed by atoms with E-state index in [-0.39, 0.29) is 17.1 Å². The molecule has 1 aliphatic rings. The second-order valence-electron chi connectivity index (χ2n) is 6.69. The number of ether oxygens (including phenoxy) is 1. The summed E-state index contributed by atoms with van der Waals surface area (Å²) in [6.45, 7) is 7.10. The third-order valence-corrected chi connectivity index (χ3v) is 3.87. The first-order chi connectivity index (χ1) is 11.7. The van der Waals surface area contributed by atoms with Crippen molar-refractivity contribution in [2.24, 2.45) is 0 Å². The van der Waals surface area contributed by atoms with Gasteiger partial charge in [0.1, 0.15) is 11.7 Å². The summed E-state index contributed by atoms with van der Waals surface area (Å²) in [5.74, 6) is 0. The fraction of sp³-hybridized carbons (Fsp3) is 0.471. The predicted molar refractivity (Wildman–Crippen MR) is 94.6 cm³/mol. The molecule has 2 rings (SSSR count). The van der Waals surface area contributed by atoms with Gasteiger partial charge in [-0.3, -0.25) is 0 Å². The molecule has 1 aliphatic heterocycles. The predicted octanol–water partition coefficient (Wildman–Crippen LogP) is 3.30. The van der Waals surface area contributed by atoms with E-state index >= 15 is 0 Å². The number of rotatable bonds is 1. The third-order valence-electron chi connectivity index (χ3n) is 3.56. The van der Waals surface area contributed by atoms with Crippen LogP contribution in [0.4, 0.5) is 15.3 Å². The summed E-state index contributed by atoms with van der Waals surface area (Å²) in [4.78, 5) is 27.5. The smallest absolute Gasteiger partial charge is 0.410 e. The Morgan fingerprint density at radius 2 is 1.80 bits per heavy atom. The maximum Gasteiger partial charge on any atom is 0.410 e. The second kappa shape index (κ2) is 7.62. The number of carbonyl (C=O) groups excluding carboxylic acids is 2. The van der Waals surface area contributed by atoms with Gasteiger partial charge in [-0.25, -0.2) is 9.59 Å². The van der Waals surface area contributed by atoms with Crippen LogP contribution < -0.4 is 5.32 Å². The Hall–Kier alpha value is -2.46. The Labute approximate surface area is 152 Å². The molecule has 1 saturated heterocycles. The SMILES string of the molecule is CC(C)(C)OC(=O)N1CCN(C(=O)Nc2ccc(C#N)c(Cl)c2)CC1. The van der Waals surface area contributed by atoms with Crippen LogP contribution in [-0.4, -0.2) is 53.7 Å². The van der Waals surface area contributed by atoms with Crippen LogP contribution in [-0.2, 0) is 4.74 Å². The second-order valence-corrected chi connectivity index (χ2v) is 7.10. The first kappa shape index (κ1) is 18.9. The molecule has 7 nitrogen and oxygen atoms in total. The van der Waals surface area contributed by atoms with Gasteiger partial charge in [-0.05, 0) is 39.0 Å². The summed E-state index contributed by atoms with van der Waals surface area (Å²) in [6.07, 6.45) is -0.369. The average molecular weight is 365 g/mol. The molecule has 1 fully saturated rings. The molecule has 0 bridgehead atoms. The number of hydrogen-bond acceptors (Lipinski definition) is 4. The van der Waals surface area contributed by atoms with Crippen LogP contribution >= 0.6 is 11.6 Å². The van der Waals surface area contributed by atoms with Crippen LogP contribution in [0.2, 0.25) is 5.02 Å². The van der Waals surface area contributed by atoms with Gasteiger partial charge in [0.2, 0.25) is 0 Å². The van der Waals surface area contributed by atoms with Gasteiger partial charge in [-0.2, -0.15) is 5.26 Å². The van der Waals surface area contributed by atoms with Gasteiger partial charge in [-0.15, -0.1) is 0 Å². The van der Waals surface area contributed by atoms with Crippen molar-refractivity contribution in [1.82, 2.24) is 9.80 Å². The molecule has 0 saturated carbocycles. The maximum atomic E-state index is 12.3. The maximum absolute atomic E-state index is 12.3. The number of nitriles is 1. The number of urea groups is 1. The molecule has 3 amide bonds. The Morgan fingerprint density at radius 3 is 2.32 bits per heavy atom. The molecule has 1 aromatic rings. The zero-order chi connectivity index (χ0) is 18.6. The molecule has 0 aliphatic carbocycles. The van der Waals surface area contributed by atoms with Gasteiger partial charge >= 0.3 is 12.1 Å². The summed E-state index contributed by atoms with van der Waals surface area (Å²) in [5.41, 5.74) is 0.328.